The molecule has 72 valence electrons. The summed E-state index contributed by atoms with van der Waals surface area (Å²) in [7, 11) is -2.01. The minimum absolute atomic E-state index is 0.170. The van der Waals surface area contributed by atoms with Crippen LogP contribution < -0.4 is 5.14 Å². The van der Waals surface area contributed by atoms with Gasteiger partial charge in [-0.15, -0.1) is 0 Å². The van der Waals surface area contributed by atoms with Crippen LogP contribution in [-0.2, 0) is 19.5 Å². The van der Waals surface area contributed by atoms with Gasteiger partial charge < -0.3 is 9.47 Å². The van der Waals surface area contributed by atoms with E-state index in [1.54, 1.807) is 0 Å². The standard InChI is InChI=1S/C6H13NO4S/c1-10-6(2-3-11-4-6)5-12(7,8)9/h2-5H2,1H3,(H2,7,8,9). The Labute approximate surface area is 71.9 Å². The third-order valence-electron chi connectivity index (χ3n) is 1.96. The molecule has 1 atom stereocenters. The molecule has 1 aliphatic rings. The smallest absolute Gasteiger partial charge is 0.212 e. The molecule has 0 aliphatic carbocycles. The van der Waals surface area contributed by atoms with E-state index in [0.717, 1.165) is 0 Å². The number of methoxy groups -OCH3 is 1. The first-order valence-corrected chi connectivity index (χ1v) is 5.32. The van der Waals surface area contributed by atoms with Gasteiger partial charge in [-0.05, 0) is 0 Å². The highest BCUT2D eigenvalue weighted by Crippen LogP contribution is 2.23. The normalized spacial score (nSPS) is 30.8. The van der Waals surface area contributed by atoms with Crippen molar-refractivity contribution in [1.82, 2.24) is 0 Å². The van der Waals surface area contributed by atoms with E-state index in [9.17, 15) is 8.42 Å². The molecule has 0 radical (unpaired) electrons. The molecule has 1 heterocycles. The molecule has 0 saturated carbocycles. The molecule has 0 aromatic heterocycles. The Kier molecular flexibility index (Phi) is 2.72. The zero-order chi connectivity index (χ0) is 9.24. The molecule has 1 aliphatic heterocycles. The SMILES string of the molecule is COC1(CS(N)(=O)=O)CCOC1. The van der Waals surface area contributed by atoms with Gasteiger partial charge in [0.05, 0.1) is 12.4 Å². The van der Waals surface area contributed by atoms with Crippen molar-refractivity contribution in [2.75, 3.05) is 26.1 Å². The number of hydrogen-bond acceptors (Lipinski definition) is 4. The van der Waals surface area contributed by atoms with Crippen LogP contribution in [0.3, 0.4) is 0 Å². The molecule has 0 bridgehead atoms. The van der Waals surface area contributed by atoms with E-state index in [4.69, 9.17) is 14.6 Å². The van der Waals surface area contributed by atoms with E-state index in [2.05, 4.69) is 0 Å². The Bertz CT molecular complexity index is 242. The van der Waals surface area contributed by atoms with E-state index in [0.29, 0.717) is 19.6 Å². The number of sulfonamides is 1. The summed E-state index contributed by atoms with van der Waals surface area (Å²) >= 11 is 0. The van der Waals surface area contributed by atoms with Crippen LogP contribution in [0.15, 0.2) is 0 Å². The third-order valence-corrected chi connectivity index (χ3v) is 2.89. The van der Waals surface area contributed by atoms with Crippen molar-refractivity contribution in [3.8, 4) is 0 Å². The van der Waals surface area contributed by atoms with Gasteiger partial charge in [0, 0.05) is 20.1 Å². The van der Waals surface area contributed by atoms with Crippen molar-refractivity contribution in [2.24, 2.45) is 5.14 Å². The highest BCUT2D eigenvalue weighted by Gasteiger charge is 2.38. The fourth-order valence-corrected chi connectivity index (χ4v) is 2.37. The van der Waals surface area contributed by atoms with Gasteiger partial charge in [0.2, 0.25) is 10.0 Å². The zero-order valence-corrected chi connectivity index (χ0v) is 7.76. The van der Waals surface area contributed by atoms with Gasteiger partial charge in [0.25, 0.3) is 0 Å². The van der Waals surface area contributed by atoms with Crippen molar-refractivity contribution >= 4 is 10.0 Å². The Hall–Kier alpha value is -0.170. The van der Waals surface area contributed by atoms with Gasteiger partial charge in [-0.3, -0.25) is 0 Å². The van der Waals surface area contributed by atoms with Gasteiger partial charge in [-0.1, -0.05) is 0 Å². The van der Waals surface area contributed by atoms with Crippen molar-refractivity contribution < 1.29 is 17.9 Å². The molecular formula is C6H13NO4S. The number of rotatable bonds is 3. The Morgan fingerprint density at radius 2 is 2.33 bits per heavy atom. The predicted octanol–water partition coefficient (Wildman–Crippen LogP) is -0.920. The Morgan fingerprint density at radius 3 is 2.67 bits per heavy atom. The zero-order valence-electron chi connectivity index (χ0n) is 6.95. The first-order valence-electron chi connectivity index (χ1n) is 3.61. The lowest BCUT2D eigenvalue weighted by atomic mass is 10.1. The lowest BCUT2D eigenvalue weighted by Gasteiger charge is -2.23. The summed E-state index contributed by atoms with van der Waals surface area (Å²) < 4.78 is 31.7. The molecule has 0 spiro atoms. The quantitative estimate of drug-likeness (QED) is 0.631. The number of primary sulfonamides is 1. The molecule has 2 N–H and O–H groups in total. The summed E-state index contributed by atoms with van der Waals surface area (Å²) in [6.07, 6.45) is 0.583. The van der Waals surface area contributed by atoms with E-state index in [-0.39, 0.29) is 5.75 Å². The van der Waals surface area contributed by atoms with Crippen LogP contribution in [-0.4, -0.2) is 40.1 Å². The second kappa shape index (κ2) is 3.29. The summed E-state index contributed by atoms with van der Waals surface area (Å²) in [6.45, 7) is 0.837. The van der Waals surface area contributed by atoms with Crippen molar-refractivity contribution in [3.63, 3.8) is 0 Å². The molecule has 5 nitrogen and oxygen atoms in total. The fourth-order valence-electron chi connectivity index (χ4n) is 1.29. The topological polar surface area (TPSA) is 78.6 Å². The Balaban J connectivity index is 2.68. The van der Waals surface area contributed by atoms with Gasteiger partial charge in [0.15, 0.2) is 0 Å². The fraction of sp³-hybridized carbons (Fsp3) is 1.00. The summed E-state index contributed by atoms with van der Waals surface area (Å²) in [5.74, 6) is -0.170. The molecule has 0 aromatic carbocycles. The number of ether oxygens (including phenoxy) is 2. The second-order valence-corrected chi connectivity index (χ2v) is 4.61. The van der Waals surface area contributed by atoms with Crippen LogP contribution in [0.1, 0.15) is 6.42 Å². The molecular weight excluding hydrogens is 182 g/mol. The van der Waals surface area contributed by atoms with Crippen molar-refractivity contribution in [1.29, 1.82) is 0 Å². The van der Waals surface area contributed by atoms with Crippen LogP contribution in [0.5, 0.6) is 0 Å². The van der Waals surface area contributed by atoms with E-state index >= 15 is 0 Å². The number of hydrogen-bond donors (Lipinski definition) is 1. The monoisotopic (exact) mass is 195 g/mol. The van der Waals surface area contributed by atoms with Crippen LogP contribution in [0.4, 0.5) is 0 Å². The summed E-state index contributed by atoms with van der Waals surface area (Å²) in [4.78, 5) is 0. The summed E-state index contributed by atoms with van der Waals surface area (Å²) in [5, 5.41) is 4.91. The maximum absolute atomic E-state index is 10.8. The van der Waals surface area contributed by atoms with Crippen molar-refractivity contribution in [2.45, 2.75) is 12.0 Å². The average molecular weight is 195 g/mol. The molecule has 0 amide bonds. The van der Waals surface area contributed by atoms with Crippen molar-refractivity contribution in [3.05, 3.63) is 0 Å². The molecule has 1 unspecified atom stereocenters. The van der Waals surface area contributed by atoms with Gasteiger partial charge in [-0.25, -0.2) is 13.6 Å². The van der Waals surface area contributed by atoms with Crippen LogP contribution in [0.25, 0.3) is 0 Å². The van der Waals surface area contributed by atoms with Gasteiger partial charge >= 0.3 is 0 Å². The predicted molar refractivity (Wildman–Crippen MR) is 43.2 cm³/mol. The van der Waals surface area contributed by atoms with E-state index in [1.807, 2.05) is 0 Å². The van der Waals surface area contributed by atoms with Gasteiger partial charge in [-0.2, -0.15) is 0 Å². The minimum atomic E-state index is -3.48. The van der Waals surface area contributed by atoms with Gasteiger partial charge in [0.1, 0.15) is 5.60 Å². The molecule has 1 fully saturated rings. The molecule has 1 saturated heterocycles. The maximum atomic E-state index is 10.8. The largest absolute Gasteiger partial charge is 0.378 e. The lowest BCUT2D eigenvalue weighted by Crippen LogP contribution is -2.42. The average Bonchev–Trinajstić information content (AvgIpc) is 2.34. The van der Waals surface area contributed by atoms with E-state index < -0.39 is 15.6 Å². The number of nitrogens with two attached hydrogens (primary N) is 1. The first-order chi connectivity index (χ1) is 5.47. The third kappa shape index (κ3) is 2.41. The molecule has 12 heavy (non-hydrogen) atoms. The summed E-state index contributed by atoms with van der Waals surface area (Å²) in [6, 6.07) is 0. The minimum Gasteiger partial charge on any atom is -0.378 e. The highest BCUT2D eigenvalue weighted by atomic mass is 32.2. The Morgan fingerprint density at radius 1 is 1.67 bits per heavy atom. The molecule has 1 rings (SSSR count). The molecule has 6 heteroatoms. The molecule has 0 aromatic rings. The van der Waals surface area contributed by atoms with Crippen LogP contribution >= 0.6 is 0 Å². The highest BCUT2D eigenvalue weighted by molar-refractivity contribution is 7.89. The second-order valence-electron chi connectivity index (χ2n) is 3.00. The maximum Gasteiger partial charge on any atom is 0.212 e. The first kappa shape index (κ1) is 9.91. The van der Waals surface area contributed by atoms with E-state index in [1.165, 1.54) is 7.11 Å². The summed E-state index contributed by atoms with van der Waals surface area (Å²) in [5.41, 5.74) is -0.715. The van der Waals surface area contributed by atoms with Crippen LogP contribution in [0.2, 0.25) is 0 Å². The lowest BCUT2D eigenvalue weighted by molar-refractivity contribution is 0.00109. The van der Waals surface area contributed by atoms with Crippen LogP contribution in [0, 0.1) is 0 Å².